The predicted octanol–water partition coefficient (Wildman–Crippen LogP) is 3.31. The second kappa shape index (κ2) is 5.95. The first-order valence-corrected chi connectivity index (χ1v) is 6.74. The average Bonchev–Trinajstić information content (AvgIpc) is 2.95. The Kier molecular flexibility index (Phi) is 3.84. The minimum atomic E-state index is -0.712. The van der Waals surface area contributed by atoms with Gasteiger partial charge >= 0.3 is 0 Å². The summed E-state index contributed by atoms with van der Waals surface area (Å²) >= 11 is 5.96. The lowest BCUT2D eigenvalue weighted by atomic mass is 10.2. The van der Waals surface area contributed by atoms with Gasteiger partial charge in [-0.15, -0.1) is 0 Å². The zero-order chi connectivity index (χ0) is 15.5. The number of nitrogens with zero attached hydrogens (tertiary/aromatic N) is 3. The molecule has 0 aliphatic carbocycles. The Labute approximate surface area is 130 Å². The number of aromatic nitrogens is 3. The fourth-order valence-electron chi connectivity index (χ4n) is 1.94. The molecule has 22 heavy (non-hydrogen) atoms. The second-order valence-electron chi connectivity index (χ2n) is 4.43. The quantitative estimate of drug-likeness (QED) is 0.754. The molecule has 2 heterocycles. The molecule has 7 heteroatoms. The van der Waals surface area contributed by atoms with Crippen LogP contribution in [0.1, 0.15) is 10.4 Å². The highest BCUT2D eigenvalue weighted by atomic mass is 35.5. The summed E-state index contributed by atoms with van der Waals surface area (Å²) in [4.78, 5) is 15.6. The lowest BCUT2D eigenvalue weighted by molar-refractivity contribution is 0.102. The largest absolute Gasteiger partial charge is 0.306 e. The van der Waals surface area contributed by atoms with Crippen molar-refractivity contribution in [2.45, 2.75) is 0 Å². The van der Waals surface area contributed by atoms with Gasteiger partial charge < -0.3 is 5.32 Å². The van der Waals surface area contributed by atoms with Gasteiger partial charge in [-0.1, -0.05) is 17.7 Å². The lowest BCUT2D eigenvalue weighted by Gasteiger charge is -2.09. The van der Waals surface area contributed by atoms with E-state index in [9.17, 15) is 9.18 Å². The highest BCUT2D eigenvalue weighted by Crippen LogP contribution is 2.19. The number of anilines is 1. The molecule has 110 valence electrons. The molecule has 5 nitrogen and oxygen atoms in total. The molecule has 0 radical (unpaired) electrons. The van der Waals surface area contributed by atoms with E-state index in [1.54, 1.807) is 36.5 Å². The van der Waals surface area contributed by atoms with Crippen LogP contribution in [0.2, 0.25) is 5.02 Å². The summed E-state index contributed by atoms with van der Waals surface area (Å²) in [5.41, 5.74) is 0.875. The molecule has 0 bridgehead atoms. The maximum atomic E-state index is 13.1. The summed E-state index contributed by atoms with van der Waals surface area (Å²) in [6.45, 7) is 0. The van der Waals surface area contributed by atoms with E-state index in [0.717, 1.165) is 6.07 Å². The van der Waals surface area contributed by atoms with Crippen molar-refractivity contribution < 1.29 is 9.18 Å². The first-order chi connectivity index (χ1) is 10.6. The van der Waals surface area contributed by atoms with E-state index in [-0.39, 0.29) is 5.56 Å². The maximum Gasteiger partial charge on any atom is 0.257 e. The van der Waals surface area contributed by atoms with Crippen LogP contribution in [0, 0.1) is 5.95 Å². The van der Waals surface area contributed by atoms with E-state index in [4.69, 9.17) is 11.6 Å². The Balaban J connectivity index is 1.88. The van der Waals surface area contributed by atoms with Gasteiger partial charge in [0.1, 0.15) is 5.82 Å². The molecule has 2 aromatic heterocycles. The van der Waals surface area contributed by atoms with Gasteiger partial charge in [-0.2, -0.15) is 9.49 Å². The molecule has 0 saturated carbocycles. The Bertz CT molecular complexity index is 834. The second-order valence-corrected chi connectivity index (χ2v) is 4.87. The average molecular weight is 317 g/mol. The third-order valence-electron chi connectivity index (χ3n) is 2.93. The lowest BCUT2D eigenvalue weighted by Crippen LogP contribution is -2.15. The minimum absolute atomic E-state index is 0.173. The number of halogens is 2. The molecule has 0 spiro atoms. The van der Waals surface area contributed by atoms with Crippen molar-refractivity contribution >= 4 is 23.3 Å². The topological polar surface area (TPSA) is 59.8 Å². The van der Waals surface area contributed by atoms with Crippen molar-refractivity contribution in [2.75, 3.05) is 5.32 Å². The molecule has 1 aromatic carbocycles. The van der Waals surface area contributed by atoms with Crippen molar-refractivity contribution in [3.05, 3.63) is 71.4 Å². The van der Waals surface area contributed by atoms with Crippen molar-refractivity contribution in [1.82, 2.24) is 14.8 Å². The molecule has 1 amide bonds. The molecule has 0 saturated heterocycles. The van der Waals surface area contributed by atoms with Crippen LogP contribution < -0.4 is 5.32 Å². The van der Waals surface area contributed by atoms with Gasteiger partial charge in [0.2, 0.25) is 5.95 Å². The van der Waals surface area contributed by atoms with Gasteiger partial charge in [0.15, 0.2) is 0 Å². The summed E-state index contributed by atoms with van der Waals surface area (Å²) < 4.78 is 14.6. The van der Waals surface area contributed by atoms with Gasteiger partial charge in [0, 0.05) is 28.9 Å². The Morgan fingerprint density at radius 2 is 2.05 bits per heavy atom. The van der Waals surface area contributed by atoms with Gasteiger partial charge in [0.25, 0.3) is 5.91 Å². The number of rotatable bonds is 3. The molecule has 0 fully saturated rings. The Morgan fingerprint density at radius 1 is 1.18 bits per heavy atom. The minimum Gasteiger partial charge on any atom is -0.306 e. The third-order valence-corrected chi connectivity index (χ3v) is 3.16. The normalized spacial score (nSPS) is 10.5. The first kappa shape index (κ1) is 14.2. The molecule has 3 aromatic rings. The van der Waals surface area contributed by atoms with Crippen LogP contribution in [0.4, 0.5) is 10.2 Å². The third kappa shape index (κ3) is 2.96. The van der Waals surface area contributed by atoms with E-state index < -0.39 is 11.9 Å². The van der Waals surface area contributed by atoms with E-state index in [1.807, 2.05) is 0 Å². The fourth-order valence-corrected chi connectivity index (χ4v) is 2.13. The smallest absolute Gasteiger partial charge is 0.257 e. The number of amides is 1. The van der Waals surface area contributed by atoms with Crippen molar-refractivity contribution in [2.24, 2.45) is 0 Å². The number of nitrogens with one attached hydrogen (secondary N) is 1. The van der Waals surface area contributed by atoms with Crippen LogP contribution in [0.3, 0.4) is 0 Å². The van der Waals surface area contributed by atoms with Crippen LogP contribution >= 0.6 is 11.6 Å². The van der Waals surface area contributed by atoms with Gasteiger partial charge in [-0.05, 0) is 24.3 Å². The molecule has 0 aliphatic rings. The summed E-state index contributed by atoms with van der Waals surface area (Å²) in [6.07, 6.45) is 2.78. The van der Waals surface area contributed by atoms with Gasteiger partial charge in [0.05, 0.1) is 11.9 Å². The number of hydrogen-bond acceptors (Lipinski definition) is 3. The molecular formula is C15H10ClFN4O. The zero-order valence-corrected chi connectivity index (χ0v) is 12.0. The summed E-state index contributed by atoms with van der Waals surface area (Å²) in [7, 11) is 0. The van der Waals surface area contributed by atoms with Crippen LogP contribution in [-0.2, 0) is 0 Å². The first-order valence-electron chi connectivity index (χ1n) is 6.36. The maximum absolute atomic E-state index is 13.1. The Morgan fingerprint density at radius 3 is 2.82 bits per heavy atom. The molecule has 3 rings (SSSR count). The molecule has 1 N–H and O–H groups in total. The van der Waals surface area contributed by atoms with Crippen LogP contribution in [0.15, 0.2) is 54.9 Å². The summed E-state index contributed by atoms with van der Waals surface area (Å²) in [6, 6.07) is 11.2. The number of pyridine rings is 1. The highest BCUT2D eigenvalue weighted by molar-refractivity contribution is 6.30. The standard InChI is InChI=1S/C15H10ClFN4O/c16-11-2-1-3-12(9-11)21-14(5-7-19-21)20-15(22)10-4-6-18-13(17)8-10/h1-9H,(H,20,22). The van der Waals surface area contributed by atoms with Gasteiger partial charge in [-0.25, -0.2) is 9.67 Å². The van der Waals surface area contributed by atoms with Crippen LogP contribution in [0.25, 0.3) is 5.69 Å². The van der Waals surface area contributed by atoms with Crippen LogP contribution in [0.5, 0.6) is 0 Å². The molecule has 0 atom stereocenters. The monoisotopic (exact) mass is 316 g/mol. The fraction of sp³-hybridized carbons (Fsp3) is 0. The molecule has 0 aliphatic heterocycles. The Hall–Kier alpha value is -2.73. The SMILES string of the molecule is O=C(Nc1ccnn1-c1cccc(Cl)c1)c1ccnc(F)c1. The zero-order valence-electron chi connectivity index (χ0n) is 11.2. The van der Waals surface area contributed by atoms with Crippen molar-refractivity contribution in [3.8, 4) is 5.69 Å². The van der Waals surface area contributed by atoms with Crippen LogP contribution in [-0.4, -0.2) is 20.7 Å². The van der Waals surface area contributed by atoms with E-state index >= 15 is 0 Å². The number of benzene rings is 1. The highest BCUT2D eigenvalue weighted by Gasteiger charge is 2.11. The molecular weight excluding hydrogens is 307 g/mol. The molecule has 0 unspecified atom stereocenters. The van der Waals surface area contributed by atoms with Crippen molar-refractivity contribution in [1.29, 1.82) is 0 Å². The van der Waals surface area contributed by atoms with E-state index in [1.165, 1.54) is 16.9 Å². The predicted molar refractivity (Wildman–Crippen MR) is 80.7 cm³/mol. The van der Waals surface area contributed by atoms with Crippen molar-refractivity contribution in [3.63, 3.8) is 0 Å². The number of hydrogen-bond donors (Lipinski definition) is 1. The number of carbonyl (C=O) groups excluding carboxylic acids is 1. The summed E-state index contributed by atoms with van der Waals surface area (Å²) in [5.74, 6) is -0.717. The summed E-state index contributed by atoms with van der Waals surface area (Å²) in [5, 5.41) is 7.38. The number of carbonyl (C=O) groups is 1. The van der Waals surface area contributed by atoms with Gasteiger partial charge in [-0.3, -0.25) is 4.79 Å². The van der Waals surface area contributed by atoms with E-state index in [0.29, 0.717) is 16.5 Å². The van der Waals surface area contributed by atoms with E-state index in [2.05, 4.69) is 15.4 Å².